The molecule has 3 heteroatoms. The standard InChI is InChI=1S/C16H25BrN2/c1-11-6-12(2)13(3)19(9-11)10-15-5-4-14(8-18)7-16(15)17/h4-5,7,11-13H,6,8-10,18H2,1-3H3. The number of hydrogen-bond donors (Lipinski definition) is 1. The van der Waals surface area contributed by atoms with Gasteiger partial charge in [-0.1, -0.05) is 41.9 Å². The molecule has 0 aromatic heterocycles. The first kappa shape index (κ1) is 15.0. The molecule has 3 unspecified atom stereocenters. The van der Waals surface area contributed by atoms with Crippen LogP contribution in [0.3, 0.4) is 0 Å². The number of likely N-dealkylation sites (tertiary alicyclic amines) is 1. The van der Waals surface area contributed by atoms with E-state index in [-0.39, 0.29) is 0 Å². The van der Waals surface area contributed by atoms with Gasteiger partial charge in [0, 0.05) is 30.1 Å². The van der Waals surface area contributed by atoms with Gasteiger partial charge < -0.3 is 5.73 Å². The van der Waals surface area contributed by atoms with Crippen molar-refractivity contribution in [1.82, 2.24) is 4.90 Å². The summed E-state index contributed by atoms with van der Waals surface area (Å²) in [5, 5.41) is 0. The minimum Gasteiger partial charge on any atom is -0.326 e. The molecule has 19 heavy (non-hydrogen) atoms. The molecule has 1 heterocycles. The van der Waals surface area contributed by atoms with Crippen molar-refractivity contribution in [2.75, 3.05) is 6.54 Å². The van der Waals surface area contributed by atoms with E-state index in [4.69, 9.17) is 5.73 Å². The lowest BCUT2D eigenvalue weighted by molar-refractivity contribution is 0.0728. The molecule has 1 saturated heterocycles. The molecule has 1 aliphatic rings. The summed E-state index contributed by atoms with van der Waals surface area (Å²) in [5.74, 6) is 1.58. The fourth-order valence-electron chi connectivity index (χ4n) is 3.11. The monoisotopic (exact) mass is 324 g/mol. The highest BCUT2D eigenvalue weighted by molar-refractivity contribution is 9.10. The van der Waals surface area contributed by atoms with Gasteiger partial charge in [0.1, 0.15) is 0 Å². The summed E-state index contributed by atoms with van der Waals surface area (Å²) >= 11 is 3.68. The molecule has 2 N–H and O–H groups in total. The van der Waals surface area contributed by atoms with E-state index in [2.05, 4.69) is 59.8 Å². The average Bonchev–Trinajstić information content (AvgIpc) is 2.37. The first-order chi connectivity index (χ1) is 9.01. The van der Waals surface area contributed by atoms with Crippen LogP contribution in [0.4, 0.5) is 0 Å². The Kier molecular flexibility index (Phi) is 5.04. The number of benzene rings is 1. The van der Waals surface area contributed by atoms with Gasteiger partial charge in [0.2, 0.25) is 0 Å². The molecule has 1 aromatic rings. The molecule has 0 saturated carbocycles. The molecule has 0 spiro atoms. The Balaban J connectivity index is 2.11. The highest BCUT2D eigenvalue weighted by Crippen LogP contribution is 2.29. The van der Waals surface area contributed by atoms with E-state index in [1.54, 1.807) is 0 Å². The molecule has 0 amide bonds. The second kappa shape index (κ2) is 6.38. The van der Waals surface area contributed by atoms with E-state index in [1.807, 2.05) is 0 Å². The highest BCUT2D eigenvalue weighted by Gasteiger charge is 2.28. The second-order valence-corrected chi connectivity index (χ2v) is 6.97. The Morgan fingerprint density at radius 2 is 2.05 bits per heavy atom. The maximum atomic E-state index is 5.68. The van der Waals surface area contributed by atoms with Crippen molar-refractivity contribution in [3.05, 3.63) is 33.8 Å². The van der Waals surface area contributed by atoms with Crippen LogP contribution in [0.5, 0.6) is 0 Å². The van der Waals surface area contributed by atoms with Crippen LogP contribution in [0.25, 0.3) is 0 Å². The molecule has 2 rings (SSSR count). The molecule has 0 bridgehead atoms. The van der Waals surface area contributed by atoms with Crippen molar-refractivity contribution < 1.29 is 0 Å². The summed E-state index contributed by atoms with van der Waals surface area (Å²) in [5.41, 5.74) is 8.23. The maximum Gasteiger partial charge on any atom is 0.0247 e. The highest BCUT2D eigenvalue weighted by atomic mass is 79.9. The van der Waals surface area contributed by atoms with Crippen LogP contribution in [-0.2, 0) is 13.1 Å². The van der Waals surface area contributed by atoms with Crippen LogP contribution in [0.15, 0.2) is 22.7 Å². The Bertz CT molecular complexity index is 433. The molecule has 2 nitrogen and oxygen atoms in total. The molecule has 1 aromatic carbocycles. The van der Waals surface area contributed by atoms with E-state index in [0.717, 1.165) is 18.4 Å². The van der Waals surface area contributed by atoms with Crippen molar-refractivity contribution in [3.8, 4) is 0 Å². The largest absolute Gasteiger partial charge is 0.326 e. The Morgan fingerprint density at radius 1 is 1.32 bits per heavy atom. The molecular formula is C16H25BrN2. The van der Waals surface area contributed by atoms with Gasteiger partial charge in [-0.3, -0.25) is 4.90 Å². The van der Waals surface area contributed by atoms with Gasteiger partial charge in [-0.25, -0.2) is 0 Å². The number of nitrogens with zero attached hydrogens (tertiary/aromatic N) is 1. The van der Waals surface area contributed by atoms with Crippen molar-refractivity contribution in [2.45, 2.75) is 46.3 Å². The first-order valence-electron chi connectivity index (χ1n) is 7.22. The molecule has 0 aliphatic carbocycles. The van der Waals surface area contributed by atoms with E-state index >= 15 is 0 Å². The number of nitrogens with two attached hydrogens (primary N) is 1. The zero-order valence-corrected chi connectivity index (χ0v) is 13.8. The average molecular weight is 325 g/mol. The van der Waals surface area contributed by atoms with Crippen molar-refractivity contribution in [1.29, 1.82) is 0 Å². The predicted molar refractivity (Wildman–Crippen MR) is 84.9 cm³/mol. The molecule has 1 aliphatic heterocycles. The minimum absolute atomic E-state index is 0.604. The zero-order chi connectivity index (χ0) is 14.0. The van der Waals surface area contributed by atoms with Gasteiger partial charge in [0.05, 0.1) is 0 Å². The Morgan fingerprint density at radius 3 is 2.68 bits per heavy atom. The normalized spacial score (nSPS) is 28.6. The smallest absolute Gasteiger partial charge is 0.0247 e. The lowest BCUT2D eigenvalue weighted by Gasteiger charge is -2.41. The molecule has 106 valence electrons. The van der Waals surface area contributed by atoms with Crippen LogP contribution in [0.2, 0.25) is 0 Å². The van der Waals surface area contributed by atoms with E-state index in [9.17, 15) is 0 Å². The summed E-state index contributed by atoms with van der Waals surface area (Å²) < 4.78 is 1.19. The summed E-state index contributed by atoms with van der Waals surface area (Å²) in [6.07, 6.45) is 1.35. The van der Waals surface area contributed by atoms with Crippen LogP contribution < -0.4 is 5.73 Å². The fraction of sp³-hybridized carbons (Fsp3) is 0.625. The Labute approximate surface area is 125 Å². The second-order valence-electron chi connectivity index (χ2n) is 6.12. The third kappa shape index (κ3) is 3.59. The van der Waals surface area contributed by atoms with Gasteiger partial charge in [-0.15, -0.1) is 0 Å². The predicted octanol–water partition coefficient (Wildman–Crippen LogP) is 3.77. The van der Waals surface area contributed by atoms with Crippen LogP contribution >= 0.6 is 15.9 Å². The van der Waals surface area contributed by atoms with Gasteiger partial charge in [-0.2, -0.15) is 0 Å². The number of halogens is 1. The molecule has 1 fully saturated rings. The van der Waals surface area contributed by atoms with Crippen molar-refractivity contribution in [3.63, 3.8) is 0 Å². The summed E-state index contributed by atoms with van der Waals surface area (Å²) in [7, 11) is 0. The van der Waals surface area contributed by atoms with Crippen LogP contribution in [0.1, 0.15) is 38.3 Å². The third-order valence-electron chi connectivity index (χ3n) is 4.45. The van der Waals surface area contributed by atoms with E-state index in [1.165, 1.54) is 28.6 Å². The van der Waals surface area contributed by atoms with Crippen molar-refractivity contribution in [2.24, 2.45) is 17.6 Å². The van der Waals surface area contributed by atoms with Crippen LogP contribution in [0, 0.1) is 11.8 Å². The van der Waals surface area contributed by atoms with Gasteiger partial charge >= 0.3 is 0 Å². The van der Waals surface area contributed by atoms with E-state index < -0.39 is 0 Å². The van der Waals surface area contributed by atoms with Gasteiger partial charge in [0.15, 0.2) is 0 Å². The van der Waals surface area contributed by atoms with Crippen molar-refractivity contribution >= 4 is 15.9 Å². The first-order valence-corrected chi connectivity index (χ1v) is 8.02. The quantitative estimate of drug-likeness (QED) is 0.916. The van der Waals surface area contributed by atoms with Gasteiger partial charge in [-0.05, 0) is 42.4 Å². The molecular weight excluding hydrogens is 300 g/mol. The number of piperidine rings is 1. The fourth-order valence-corrected chi connectivity index (χ4v) is 3.66. The maximum absolute atomic E-state index is 5.68. The summed E-state index contributed by atoms with van der Waals surface area (Å²) in [6.45, 7) is 9.94. The zero-order valence-electron chi connectivity index (χ0n) is 12.2. The van der Waals surface area contributed by atoms with Gasteiger partial charge in [0.25, 0.3) is 0 Å². The van der Waals surface area contributed by atoms with Crippen LogP contribution in [-0.4, -0.2) is 17.5 Å². The molecule has 3 atom stereocenters. The molecule has 0 radical (unpaired) electrons. The lowest BCUT2D eigenvalue weighted by atomic mass is 9.86. The minimum atomic E-state index is 0.604. The summed E-state index contributed by atoms with van der Waals surface area (Å²) in [4.78, 5) is 2.61. The Hall–Kier alpha value is -0.380. The lowest BCUT2D eigenvalue weighted by Crippen LogP contribution is -2.45. The number of rotatable bonds is 3. The van der Waals surface area contributed by atoms with E-state index in [0.29, 0.717) is 12.6 Å². The topological polar surface area (TPSA) is 29.3 Å². The third-order valence-corrected chi connectivity index (χ3v) is 5.18. The SMILES string of the molecule is CC1CC(C)C(C)N(Cc2ccc(CN)cc2Br)C1. The summed E-state index contributed by atoms with van der Waals surface area (Å²) in [6, 6.07) is 7.17. The number of hydrogen-bond acceptors (Lipinski definition) is 2.